The molecule has 1 amide bonds. The number of hydrogen-bond donors (Lipinski definition) is 2. The van der Waals surface area contributed by atoms with Crippen molar-refractivity contribution >= 4 is 28.9 Å². The fourth-order valence-corrected chi connectivity index (χ4v) is 2.23. The molecule has 2 aromatic carbocycles. The zero-order valence-electron chi connectivity index (χ0n) is 11.8. The average Bonchev–Trinajstić information content (AvgIpc) is 2.40. The first kappa shape index (κ1) is 15.3. The van der Waals surface area contributed by atoms with Crippen molar-refractivity contribution in [1.82, 2.24) is 0 Å². The Morgan fingerprint density at radius 2 is 1.95 bits per heavy atom. The summed E-state index contributed by atoms with van der Waals surface area (Å²) in [4.78, 5) is 12.0. The van der Waals surface area contributed by atoms with E-state index in [-0.39, 0.29) is 22.9 Å². The predicted molar refractivity (Wildman–Crippen MR) is 84.1 cm³/mol. The van der Waals surface area contributed by atoms with Gasteiger partial charge in [0.25, 0.3) is 0 Å². The Hall–Kier alpha value is -2.07. The third kappa shape index (κ3) is 3.52. The zero-order valence-corrected chi connectivity index (χ0v) is 12.6. The molecule has 0 radical (unpaired) electrons. The summed E-state index contributed by atoms with van der Waals surface area (Å²) in [6, 6.07) is 7.92. The van der Waals surface area contributed by atoms with Gasteiger partial charge in [-0.2, -0.15) is 0 Å². The topological polar surface area (TPSA) is 55.1 Å². The maximum atomic E-state index is 13.7. The van der Waals surface area contributed by atoms with Crippen molar-refractivity contribution in [3.05, 3.63) is 57.9 Å². The van der Waals surface area contributed by atoms with Gasteiger partial charge in [0.05, 0.1) is 17.8 Å². The summed E-state index contributed by atoms with van der Waals surface area (Å²) < 4.78 is 13.7. The molecule has 110 valence electrons. The van der Waals surface area contributed by atoms with E-state index in [4.69, 9.17) is 17.3 Å². The van der Waals surface area contributed by atoms with Gasteiger partial charge in [-0.1, -0.05) is 17.7 Å². The molecule has 2 rings (SSSR count). The molecule has 2 aromatic rings. The number of hydrogen-bond acceptors (Lipinski definition) is 2. The van der Waals surface area contributed by atoms with Crippen LogP contribution in [0.3, 0.4) is 0 Å². The average molecular weight is 307 g/mol. The quantitative estimate of drug-likeness (QED) is 0.846. The second-order valence-corrected chi connectivity index (χ2v) is 5.36. The van der Waals surface area contributed by atoms with Gasteiger partial charge in [-0.05, 0) is 49.2 Å². The maximum Gasteiger partial charge on any atom is 0.229 e. The summed E-state index contributed by atoms with van der Waals surface area (Å²) in [5.41, 5.74) is 9.12. The highest BCUT2D eigenvalue weighted by Crippen LogP contribution is 2.24. The molecule has 5 heteroatoms. The van der Waals surface area contributed by atoms with E-state index < -0.39 is 5.82 Å². The number of carbonyl (C=O) groups is 1. The molecule has 0 atom stereocenters. The van der Waals surface area contributed by atoms with Crippen LogP contribution in [0.4, 0.5) is 15.8 Å². The fraction of sp³-hybridized carbons (Fsp3) is 0.188. The molecule has 0 heterocycles. The minimum Gasteiger partial charge on any atom is -0.397 e. The molecule has 0 aromatic heterocycles. The van der Waals surface area contributed by atoms with E-state index in [0.717, 1.165) is 11.1 Å². The van der Waals surface area contributed by atoms with E-state index in [9.17, 15) is 9.18 Å². The molecule has 0 unspecified atom stereocenters. The van der Waals surface area contributed by atoms with E-state index in [1.165, 1.54) is 12.1 Å². The number of anilines is 2. The number of nitrogens with two attached hydrogens (primary N) is 1. The predicted octanol–water partition coefficient (Wildman–Crippen LogP) is 3.86. The summed E-state index contributed by atoms with van der Waals surface area (Å²) in [5.74, 6) is -0.859. The van der Waals surface area contributed by atoms with E-state index in [2.05, 4.69) is 5.32 Å². The monoisotopic (exact) mass is 306 g/mol. The highest BCUT2D eigenvalue weighted by atomic mass is 35.5. The van der Waals surface area contributed by atoms with Crippen LogP contribution < -0.4 is 11.1 Å². The van der Waals surface area contributed by atoms with E-state index in [0.29, 0.717) is 11.4 Å². The number of halogens is 2. The third-order valence-electron chi connectivity index (χ3n) is 3.34. The zero-order chi connectivity index (χ0) is 15.6. The lowest BCUT2D eigenvalue weighted by Gasteiger charge is -2.12. The van der Waals surface area contributed by atoms with E-state index >= 15 is 0 Å². The fourth-order valence-electron chi connectivity index (χ4n) is 2.00. The van der Waals surface area contributed by atoms with Crippen LogP contribution >= 0.6 is 11.6 Å². The van der Waals surface area contributed by atoms with Crippen molar-refractivity contribution in [3.63, 3.8) is 0 Å². The van der Waals surface area contributed by atoms with Gasteiger partial charge in [-0.3, -0.25) is 4.79 Å². The Labute approximate surface area is 127 Å². The third-order valence-corrected chi connectivity index (χ3v) is 3.69. The second kappa shape index (κ2) is 6.14. The number of amides is 1. The lowest BCUT2D eigenvalue weighted by molar-refractivity contribution is -0.115. The minimum absolute atomic E-state index is 0.141. The van der Waals surface area contributed by atoms with Gasteiger partial charge in [-0.25, -0.2) is 4.39 Å². The summed E-state index contributed by atoms with van der Waals surface area (Å²) in [5, 5.41) is 2.93. The number of rotatable bonds is 3. The van der Waals surface area contributed by atoms with Gasteiger partial charge < -0.3 is 11.1 Å². The molecule has 0 aliphatic heterocycles. The summed E-state index contributed by atoms with van der Waals surface area (Å²) in [6.07, 6.45) is -0.141. The number of nitrogens with one attached hydrogen (secondary N) is 1. The van der Waals surface area contributed by atoms with Gasteiger partial charge in [0.2, 0.25) is 5.91 Å². The minimum atomic E-state index is -0.495. The Kier molecular flexibility index (Phi) is 4.48. The number of nitrogen functional groups attached to an aromatic ring is 1. The molecule has 0 spiro atoms. The van der Waals surface area contributed by atoms with Crippen LogP contribution in [-0.4, -0.2) is 5.91 Å². The van der Waals surface area contributed by atoms with E-state index in [1.807, 2.05) is 13.8 Å². The second-order valence-electron chi connectivity index (χ2n) is 4.95. The maximum absolute atomic E-state index is 13.7. The van der Waals surface area contributed by atoms with Crippen molar-refractivity contribution in [1.29, 1.82) is 0 Å². The van der Waals surface area contributed by atoms with Crippen molar-refractivity contribution < 1.29 is 9.18 Å². The Morgan fingerprint density at radius 1 is 1.29 bits per heavy atom. The van der Waals surface area contributed by atoms with Crippen LogP contribution in [0.5, 0.6) is 0 Å². The van der Waals surface area contributed by atoms with Crippen molar-refractivity contribution in [3.8, 4) is 0 Å². The Bertz CT molecular complexity index is 681. The molecule has 3 N–H and O–H groups in total. The van der Waals surface area contributed by atoms with Crippen LogP contribution in [0.2, 0.25) is 5.02 Å². The van der Waals surface area contributed by atoms with Crippen LogP contribution in [0.25, 0.3) is 0 Å². The van der Waals surface area contributed by atoms with Crippen molar-refractivity contribution in [2.24, 2.45) is 0 Å². The van der Waals surface area contributed by atoms with Gasteiger partial charge in [-0.15, -0.1) is 0 Å². The van der Waals surface area contributed by atoms with Gasteiger partial charge in [0.1, 0.15) is 5.82 Å². The van der Waals surface area contributed by atoms with E-state index in [1.54, 1.807) is 18.2 Å². The molecule has 0 saturated carbocycles. The summed E-state index contributed by atoms with van der Waals surface area (Å²) >= 11 is 5.91. The molecule has 0 aliphatic carbocycles. The van der Waals surface area contributed by atoms with Gasteiger partial charge >= 0.3 is 0 Å². The number of carbonyl (C=O) groups excluding carboxylic acids is 1. The largest absolute Gasteiger partial charge is 0.397 e. The summed E-state index contributed by atoms with van der Waals surface area (Å²) in [7, 11) is 0. The lowest BCUT2D eigenvalue weighted by atomic mass is 10.1. The standard InChI is InChI=1S/C16H16ClFN2O/c1-9-6-14(19)15(7-10(9)2)20-16(21)8-11-12(17)4-3-5-13(11)18/h3-7H,8,19H2,1-2H3,(H,20,21). The smallest absolute Gasteiger partial charge is 0.229 e. The van der Waals surface area contributed by atoms with Crippen LogP contribution in [0.1, 0.15) is 16.7 Å². The molecule has 0 fully saturated rings. The molecule has 0 saturated heterocycles. The lowest BCUT2D eigenvalue weighted by Crippen LogP contribution is -2.16. The highest BCUT2D eigenvalue weighted by Gasteiger charge is 2.13. The molecule has 21 heavy (non-hydrogen) atoms. The number of aryl methyl sites for hydroxylation is 2. The van der Waals surface area contributed by atoms with Crippen LogP contribution in [0.15, 0.2) is 30.3 Å². The van der Waals surface area contributed by atoms with Gasteiger partial charge in [0.15, 0.2) is 0 Å². The Morgan fingerprint density at radius 3 is 2.62 bits per heavy atom. The van der Waals surface area contributed by atoms with Crippen LogP contribution in [0, 0.1) is 19.7 Å². The molecule has 3 nitrogen and oxygen atoms in total. The van der Waals surface area contributed by atoms with Gasteiger partial charge in [0, 0.05) is 10.6 Å². The molecular formula is C16H16ClFN2O. The SMILES string of the molecule is Cc1cc(N)c(NC(=O)Cc2c(F)cccc2Cl)cc1C. The Balaban J connectivity index is 2.18. The highest BCUT2D eigenvalue weighted by molar-refractivity contribution is 6.31. The molecule has 0 bridgehead atoms. The van der Waals surface area contributed by atoms with Crippen molar-refractivity contribution in [2.45, 2.75) is 20.3 Å². The molecule has 0 aliphatic rings. The van der Waals surface area contributed by atoms with Crippen LogP contribution in [-0.2, 0) is 11.2 Å². The first-order valence-corrected chi connectivity index (χ1v) is 6.85. The first-order chi connectivity index (χ1) is 9.88. The van der Waals surface area contributed by atoms with Crippen molar-refractivity contribution in [2.75, 3.05) is 11.1 Å². The number of benzene rings is 2. The first-order valence-electron chi connectivity index (χ1n) is 6.48. The summed E-state index contributed by atoms with van der Waals surface area (Å²) in [6.45, 7) is 3.87. The normalized spacial score (nSPS) is 10.5. The molecular weight excluding hydrogens is 291 g/mol.